The molecule has 8 heteroatoms. The van der Waals surface area contributed by atoms with E-state index in [1.165, 1.54) is 34.0 Å². The number of rotatable bonds is 6. The van der Waals surface area contributed by atoms with Crippen molar-refractivity contribution in [2.75, 3.05) is 32.5 Å². The summed E-state index contributed by atoms with van der Waals surface area (Å²) in [5.74, 6) is 1.25. The molecule has 3 heterocycles. The topological polar surface area (TPSA) is 80.1 Å². The van der Waals surface area contributed by atoms with Crippen molar-refractivity contribution in [2.45, 2.75) is 32.4 Å². The van der Waals surface area contributed by atoms with Crippen molar-refractivity contribution >= 4 is 10.0 Å². The highest BCUT2D eigenvalue weighted by atomic mass is 32.2. The second-order valence-electron chi connectivity index (χ2n) is 9.42. The zero-order valence-corrected chi connectivity index (χ0v) is 18.6. The largest absolute Gasteiger partial charge is 0.486 e. The van der Waals surface area contributed by atoms with E-state index in [9.17, 15) is 13.2 Å². The first-order chi connectivity index (χ1) is 14.8. The predicted molar refractivity (Wildman–Crippen MR) is 116 cm³/mol. The van der Waals surface area contributed by atoms with Crippen LogP contribution in [0, 0.1) is 11.3 Å². The van der Waals surface area contributed by atoms with E-state index < -0.39 is 10.0 Å². The molecule has 1 aromatic heterocycles. The Morgan fingerprint density at radius 3 is 2.65 bits per heavy atom. The number of ether oxygens (including phenoxy) is 1. The van der Waals surface area contributed by atoms with Crippen LogP contribution in [0.1, 0.15) is 29.7 Å². The molecule has 5 rings (SSSR count). The summed E-state index contributed by atoms with van der Waals surface area (Å²) < 4.78 is 36.0. The van der Waals surface area contributed by atoms with Gasteiger partial charge in [-0.05, 0) is 41.7 Å². The summed E-state index contributed by atoms with van der Waals surface area (Å²) >= 11 is 0. The molecule has 166 valence electrons. The summed E-state index contributed by atoms with van der Waals surface area (Å²) in [6, 6.07) is 10.0. The molecule has 1 saturated carbocycles. The molecule has 0 N–H and O–H groups in total. The van der Waals surface area contributed by atoms with Gasteiger partial charge in [-0.3, -0.25) is 9.69 Å². The zero-order chi connectivity index (χ0) is 21.6. The van der Waals surface area contributed by atoms with Gasteiger partial charge in [-0.25, -0.2) is 12.7 Å². The maximum Gasteiger partial charge on any atom is 0.227 e. The first kappa shape index (κ1) is 20.7. The average molecular weight is 445 g/mol. The molecule has 2 fully saturated rings. The molecular formula is C23H28N2O5S. The Morgan fingerprint density at radius 2 is 1.94 bits per heavy atom. The molecule has 1 saturated heterocycles. The van der Waals surface area contributed by atoms with Crippen molar-refractivity contribution in [2.24, 2.45) is 11.3 Å². The third kappa shape index (κ3) is 4.29. The molecule has 3 aliphatic rings. The molecule has 2 aliphatic heterocycles. The fraction of sp³-hybridized carbons (Fsp3) is 0.522. The summed E-state index contributed by atoms with van der Waals surface area (Å²) in [4.78, 5) is 14.8. The van der Waals surface area contributed by atoms with Crippen molar-refractivity contribution in [1.29, 1.82) is 0 Å². The van der Waals surface area contributed by atoms with Gasteiger partial charge in [0.25, 0.3) is 0 Å². The van der Waals surface area contributed by atoms with Gasteiger partial charge in [0.1, 0.15) is 12.0 Å². The number of benzene rings is 1. The van der Waals surface area contributed by atoms with Crippen LogP contribution < -0.4 is 10.2 Å². The van der Waals surface area contributed by atoms with E-state index in [4.69, 9.17) is 9.15 Å². The van der Waals surface area contributed by atoms with Gasteiger partial charge in [-0.2, -0.15) is 0 Å². The van der Waals surface area contributed by atoms with Crippen LogP contribution >= 0.6 is 0 Å². The van der Waals surface area contributed by atoms with E-state index in [0.29, 0.717) is 37.9 Å². The molecule has 1 aromatic carbocycles. The lowest BCUT2D eigenvalue weighted by Crippen LogP contribution is -2.63. The lowest BCUT2D eigenvalue weighted by atomic mass is 9.59. The van der Waals surface area contributed by atoms with Crippen molar-refractivity contribution in [3.63, 3.8) is 0 Å². The standard InChI is InChI=1S/C23H28N2O5S/c1-31(27,28)25-15-23(16-25)9-17(10-23)13-30-22-14-29-20(8-21(22)26)12-24-7-6-18-4-2-3-5-19(18)11-24/h2-5,8,14,17H,6-7,9-13,15-16H2,1H3. The molecule has 1 spiro atoms. The Labute approximate surface area is 182 Å². The Morgan fingerprint density at radius 1 is 1.19 bits per heavy atom. The Kier molecular flexibility index (Phi) is 5.19. The predicted octanol–water partition coefficient (Wildman–Crippen LogP) is 2.25. The highest BCUT2D eigenvalue weighted by molar-refractivity contribution is 7.88. The summed E-state index contributed by atoms with van der Waals surface area (Å²) in [5.41, 5.74) is 2.70. The fourth-order valence-corrected chi connectivity index (χ4v) is 6.24. The SMILES string of the molecule is CS(=O)(=O)N1CC2(CC(COc3coc(CN4CCc5ccccc5C4)cc3=O)C2)C1. The second kappa shape index (κ2) is 7.76. The fourth-order valence-electron chi connectivity index (χ4n) is 5.22. The molecule has 2 aromatic rings. The van der Waals surface area contributed by atoms with Gasteiger partial charge in [0.2, 0.25) is 21.2 Å². The van der Waals surface area contributed by atoms with E-state index in [-0.39, 0.29) is 16.6 Å². The highest BCUT2D eigenvalue weighted by Crippen LogP contribution is 2.52. The molecule has 31 heavy (non-hydrogen) atoms. The van der Waals surface area contributed by atoms with E-state index in [1.807, 2.05) is 0 Å². The van der Waals surface area contributed by atoms with E-state index in [1.54, 1.807) is 0 Å². The number of hydrogen-bond acceptors (Lipinski definition) is 6. The molecule has 0 bridgehead atoms. The first-order valence-corrected chi connectivity index (χ1v) is 12.6. The number of fused-ring (bicyclic) bond motifs is 1. The Hall–Kier alpha value is -2.16. The van der Waals surface area contributed by atoms with Crippen molar-refractivity contribution < 1.29 is 17.6 Å². The molecule has 0 amide bonds. The zero-order valence-electron chi connectivity index (χ0n) is 17.7. The van der Waals surface area contributed by atoms with Crippen molar-refractivity contribution in [3.8, 4) is 5.75 Å². The van der Waals surface area contributed by atoms with Gasteiger partial charge >= 0.3 is 0 Å². The van der Waals surface area contributed by atoms with Gasteiger partial charge in [0.15, 0.2) is 0 Å². The Balaban J connectivity index is 1.11. The van der Waals surface area contributed by atoms with E-state index in [2.05, 4.69) is 29.2 Å². The van der Waals surface area contributed by atoms with Gasteiger partial charge in [0.05, 0.1) is 19.4 Å². The van der Waals surface area contributed by atoms with Gasteiger partial charge in [-0.1, -0.05) is 24.3 Å². The van der Waals surface area contributed by atoms with Gasteiger partial charge in [-0.15, -0.1) is 0 Å². The highest BCUT2D eigenvalue weighted by Gasteiger charge is 2.54. The lowest BCUT2D eigenvalue weighted by molar-refractivity contribution is -0.0655. The first-order valence-electron chi connectivity index (χ1n) is 10.8. The number of sulfonamides is 1. The van der Waals surface area contributed by atoms with Crippen LogP contribution in [0.15, 0.2) is 45.8 Å². The van der Waals surface area contributed by atoms with E-state index >= 15 is 0 Å². The maximum absolute atomic E-state index is 12.5. The third-order valence-corrected chi connectivity index (χ3v) is 8.05. The number of hydrogen-bond donors (Lipinski definition) is 0. The molecule has 0 atom stereocenters. The minimum atomic E-state index is -3.08. The summed E-state index contributed by atoms with van der Waals surface area (Å²) in [6.45, 7) is 4.09. The summed E-state index contributed by atoms with van der Waals surface area (Å²) in [6.07, 6.45) is 5.58. The van der Waals surface area contributed by atoms with Crippen LogP contribution in [0.25, 0.3) is 0 Å². The maximum atomic E-state index is 12.5. The second-order valence-corrected chi connectivity index (χ2v) is 11.4. The van der Waals surface area contributed by atoms with Crippen LogP contribution in [0.4, 0.5) is 0 Å². The monoisotopic (exact) mass is 444 g/mol. The van der Waals surface area contributed by atoms with Crippen LogP contribution in [0.5, 0.6) is 5.75 Å². The molecule has 1 aliphatic carbocycles. The van der Waals surface area contributed by atoms with Crippen LogP contribution in [-0.4, -0.2) is 50.1 Å². The minimum absolute atomic E-state index is 0.124. The van der Waals surface area contributed by atoms with Crippen molar-refractivity contribution in [1.82, 2.24) is 9.21 Å². The van der Waals surface area contributed by atoms with Crippen LogP contribution in [0.3, 0.4) is 0 Å². The van der Waals surface area contributed by atoms with Gasteiger partial charge < -0.3 is 9.15 Å². The summed E-state index contributed by atoms with van der Waals surface area (Å²) in [7, 11) is -3.08. The quantitative estimate of drug-likeness (QED) is 0.680. The van der Waals surface area contributed by atoms with Crippen LogP contribution in [-0.2, 0) is 29.5 Å². The smallest absolute Gasteiger partial charge is 0.227 e. The van der Waals surface area contributed by atoms with Crippen LogP contribution in [0.2, 0.25) is 0 Å². The Bertz CT molecular complexity index is 1130. The molecule has 7 nitrogen and oxygen atoms in total. The molecular weight excluding hydrogens is 416 g/mol. The summed E-state index contributed by atoms with van der Waals surface area (Å²) in [5, 5.41) is 0. The average Bonchev–Trinajstić information content (AvgIpc) is 2.66. The van der Waals surface area contributed by atoms with Crippen molar-refractivity contribution in [3.05, 3.63) is 63.7 Å². The molecule has 0 radical (unpaired) electrons. The minimum Gasteiger partial charge on any atom is -0.486 e. The third-order valence-electron chi connectivity index (χ3n) is 6.85. The number of nitrogens with zero attached hydrogens (tertiary/aromatic N) is 2. The lowest BCUT2D eigenvalue weighted by Gasteiger charge is -2.58. The van der Waals surface area contributed by atoms with E-state index in [0.717, 1.165) is 32.4 Å². The normalized spacial score (nSPS) is 21.3. The van der Waals surface area contributed by atoms with Gasteiger partial charge in [0, 0.05) is 32.2 Å². The molecule has 0 unspecified atom stereocenters.